The van der Waals surface area contributed by atoms with E-state index < -0.39 is 18.3 Å². The average molecular weight is 432 g/mol. The van der Waals surface area contributed by atoms with Crippen molar-refractivity contribution in [2.45, 2.75) is 71.1 Å². The van der Waals surface area contributed by atoms with Crippen LogP contribution in [-0.4, -0.2) is 22.0 Å². The number of nitrogens with one attached hydrogen (secondary N) is 1. The van der Waals surface area contributed by atoms with Gasteiger partial charge in [0.25, 0.3) is 0 Å². The number of hydrogen-bond acceptors (Lipinski definition) is 5. The Labute approximate surface area is 205 Å². The van der Waals surface area contributed by atoms with Crippen LogP contribution in [-0.2, 0) is 16.0 Å². The summed E-state index contributed by atoms with van der Waals surface area (Å²) in [5, 5.41) is 23.6. The molecular formula is C24H29N2NaO4. The minimum absolute atomic E-state index is 0. The number of amides is 1. The fraction of sp³-hybridized carbons (Fsp3) is 0.458. The molecule has 2 N–H and O–H groups in total. The molecule has 3 rings (SSSR count). The van der Waals surface area contributed by atoms with Gasteiger partial charge in [-0.05, 0) is 67.6 Å². The third-order valence-electron chi connectivity index (χ3n) is 5.84. The summed E-state index contributed by atoms with van der Waals surface area (Å²) in [5.41, 5.74) is 5.38. The van der Waals surface area contributed by atoms with E-state index >= 15 is 0 Å². The number of aryl methyl sites for hydroxylation is 2. The molecule has 1 saturated carbocycles. The number of nitrogens with zero attached hydrogens (tertiary/aromatic N) is 1. The molecule has 0 atom stereocenters. The molecule has 0 unspecified atom stereocenters. The molecule has 0 spiro atoms. The molecule has 1 heterocycles. The van der Waals surface area contributed by atoms with Gasteiger partial charge in [0.1, 0.15) is 5.75 Å². The first-order valence-corrected chi connectivity index (χ1v) is 10.6. The number of carbonyl (C=O) groups excluding carboxylic acids is 2. The Morgan fingerprint density at radius 1 is 1.10 bits per heavy atom. The number of aliphatic carboxylic acids is 1. The zero-order chi connectivity index (χ0) is 21.7. The quantitative estimate of drug-likeness (QED) is 0.394. The van der Waals surface area contributed by atoms with Crippen LogP contribution in [0.1, 0.15) is 78.9 Å². The first-order valence-electron chi connectivity index (χ1n) is 10.6. The molecular weight excluding hydrogens is 403 g/mol. The van der Waals surface area contributed by atoms with Crippen LogP contribution in [0.25, 0.3) is 0 Å². The minimum Gasteiger partial charge on any atom is -0.550 e. The van der Waals surface area contributed by atoms with Gasteiger partial charge in [-0.2, -0.15) is 0 Å². The van der Waals surface area contributed by atoms with Crippen molar-refractivity contribution in [3.05, 3.63) is 52.3 Å². The van der Waals surface area contributed by atoms with Gasteiger partial charge in [-0.25, -0.2) is 0 Å². The number of anilines is 1. The molecule has 1 aliphatic carbocycles. The van der Waals surface area contributed by atoms with E-state index in [0.717, 1.165) is 40.9 Å². The molecule has 1 aromatic carbocycles. The number of pyridine rings is 1. The predicted molar refractivity (Wildman–Crippen MR) is 113 cm³/mol. The van der Waals surface area contributed by atoms with E-state index in [1.54, 1.807) is 6.07 Å². The SMILES string of the molecule is Cc1cc(NC(=O)CC(=O)[O-])cc(C)c1Cc1ccc(O)c(C2CCCCCC2)n1.[Na+]. The maximum absolute atomic E-state index is 11.7. The fourth-order valence-electron chi connectivity index (χ4n) is 4.32. The summed E-state index contributed by atoms with van der Waals surface area (Å²) in [4.78, 5) is 27.1. The number of carboxylic acids is 1. The van der Waals surface area contributed by atoms with Gasteiger partial charge >= 0.3 is 29.6 Å². The van der Waals surface area contributed by atoms with Gasteiger partial charge in [0.2, 0.25) is 5.91 Å². The third kappa shape index (κ3) is 7.06. The molecule has 1 aliphatic rings. The molecule has 0 aliphatic heterocycles. The van der Waals surface area contributed by atoms with E-state index in [0.29, 0.717) is 18.0 Å². The van der Waals surface area contributed by atoms with Crippen molar-refractivity contribution in [2.24, 2.45) is 0 Å². The van der Waals surface area contributed by atoms with E-state index in [2.05, 4.69) is 5.32 Å². The molecule has 2 aromatic rings. The monoisotopic (exact) mass is 432 g/mol. The van der Waals surface area contributed by atoms with Gasteiger partial charge in [-0.3, -0.25) is 9.78 Å². The van der Waals surface area contributed by atoms with E-state index in [9.17, 15) is 19.8 Å². The predicted octanol–water partition coefficient (Wildman–Crippen LogP) is 0.515. The van der Waals surface area contributed by atoms with Crippen LogP contribution in [0.2, 0.25) is 0 Å². The topological polar surface area (TPSA) is 102 Å². The van der Waals surface area contributed by atoms with Crippen LogP contribution in [0.15, 0.2) is 24.3 Å². The van der Waals surface area contributed by atoms with Crippen molar-refractivity contribution in [3.8, 4) is 5.75 Å². The second-order valence-electron chi connectivity index (χ2n) is 8.26. The van der Waals surface area contributed by atoms with E-state index in [1.807, 2.05) is 32.0 Å². The Balaban J connectivity index is 0.00000341. The van der Waals surface area contributed by atoms with Crippen molar-refractivity contribution >= 4 is 17.6 Å². The van der Waals surface area contributed by atoms with Crippen molar-refractivity contribution in [1.29, 1.82) is 0 Å². The molecule has 0 bridgehead atoms. The number of hydrogen-bond donors (Lipinski definition) is 2. The van der Waals surface area contributed by atoms with Gasteiger partial charge in [0.15, 0.2) is 0 Å². The smallest absolute Gasteiger partial charge is 0.550 e. The fourth-order valence-corrected chi connectivity index (χ4v) is 4.32. The Hall–Kier alpha value is -1.89. The van der Waals surface area contributed by atoms with Gasteiger partial charge in [-0.15, -0.1) is 0 Å². The Kier molecular flexibility index (Phi) is 9.54. The molecule has 1 aromatic heterocycles. The molecule has 31 heavy (non-hydrogen) atoms. The molecule has 0 saturated heterocycles. The van der Waals surface area contributed by atoms with E-state index in [4.69, 9.17) is 4.98 Å². The Morgan fingerprint density at radius 3 is 2.29 bits per heavy atom. The number of benzene rings is 1. The van der Waals surface area contributed by atoms with Crippen LogP contribution >= 0.6 is 0 Å². The van der Waals surface area contributed by atoms with Crippen LogP contribution in [0, 0.1) is 13.8 Å². The Morgan fingerprint density at radius 2 is 1.71 bits per heavy atom. The summed E-state index contributed by atoms with van der Waals surface area (Å²) >= 11 is 0. The molecule has 7 heteroatoms. The molecule has 6 nitrogen and oxygen atoms in total. The number of aromatic hydroxyl groups is 1. The summed E-state index contributed by atoms with van der Waals surface area (Å²) in [6, 6.07) is 7.29. The normalized spacial score (nSPS) is 14.4. The first-order chi connectivity index (χ1) is 14.3. The number of carbonyl (C=O) groups is 2. The summed E-state index contributed by atoms with van der Waals surface area (Å²) in [7, 11) is 0. The number of aromatic nitrogens is 1. The summed E-state index contributed by atoms with van der Waals surface area (Å²) in [6.07, 6.45) is 6.97. The summed E-state index contributed by atoms with van der Waals surface area (Å²) in [6.45, 7) is 3.92. The number of carboxylic acid groups (broad SMARTS) is 1. The largest absolute Gasteiger partial charge is 1.00 e. The van der Waals surface area contributed by atoms with E-state index in [1.165, 1.54) is 25.7 Å². The minimum atomic E-state index is -1.40. The third-order valence-corrected chi connectivity index (χ3v) is 5.84. The maximum atomic E-state index is 11.7. The van der Waals surface area contributed by atoms with Crippen LogP contribution in [0.5, 0.6) is 5.75 Å². The first kappa shape index (κ1) is 25.4. The molecule has 1 amide bonds. The molecule has 160 valence electrons. The second kappa shape index (κ2) is 11.7. The van der Waals surface area contributed by atoms with Crippen LogP contribution in [0.3, 0.4) is 0 Å². The van der Waals surface area contributed by atoms with Crippen molar-refractivity contribution in [2.75, 3.05) is 5.32 Å². The maximum Gasteiger partial charge on any atom is 1.00 e. The Bertz CT molecular complexity index is 914. The number of rotatable bonds is 6. The molecule has 0 radical (unpaired) electrons. The van der Waals surface area contributed by atoms with Gasteiger partial charge < -0.3 is 20.3 Å². The van der Waals surface area contributed by atoms with Gasteiger partial charge in [0.05, 0.1) is 18.1 Å². The molecule has 1 fully saturated rings. The van der Waals surface area contributed by atoms with Gasteiger partial charge in [0, 0.05) is 23.7 Å². The van der Waals surface area contributed by atoms with Crippen molar-refractivity contribution in [3.63, 3.8) is 0 Å². The van der Waals surface area contributed by atoms with Crippen molar-refractivity contribution < 1.29 is 49.4 Å². The zero-order valence-corrected chi connectivity index (χ0v) is 20.7. The van der Waals surface area contributed by atoms with Crippen LogP contribution < -0.4 is 40.0 Å². The van der Waals surface area contributed by atoms with Gasteiger partial charge in [-0.1, -0.05) is 25.7 Å². The second-order valence-corrected chi connectivity index (χ2v) is 8.26. The average Bonchev–Trinajstić information content (AvgIpc) is 2.94. The van der Waals surface area contributed by atoms with E-state index in [-0.39, 0.29) is 35.3 Å². The summed E-state index contributed by atoms with van der Waals surface area (Å²) < 4.78 is 0. The summed E-state index contributed by atoms with van der Waals surface area (Å²) in [5.74, 6) is -1.41. The zero-order valence-electron chi connectivity index (χ0n) is 18.7. The van der Waals surface area contributed by atoms with Crippen LogP contribution in [0.4, 0.5) is 5.69 Å². The standard InChI is InChI=1S/C24H30N2O4.Na/c1-15-11-19(25-22(28)14-23(29)30)12-16(2)20(15)13-18-9-10-21(27)24(26-18)17-7-5-3-4-6-8-17;/h9-12,17,27H,3-8,13-14H2,1-2H3,(H,25,28)(H,29,30);/q;+1/p-1. The van der Waals surface area contributed by atoms with Crippen molar-refractivity contribution in [1.82, 2.24) is 4.98 Å².